The predicted octanol–water partition coefficient (Wildman–Crippen LogP) is 0.506. The highest BCUT2D eigenvalue weighted by Gasteiger charge is 2.38. The van der Waals surface area contributed by atoms with Crippen LogP contribution in [0.25, 0.3) is 0 Å². The fourth-order valence-electron chi connectivity index (χ4n) is 2.43. The van der Waals surface area contributed by atoms with Crippen molar-refractivity contribution in [3.05, 3.63) is 21.7 Å². The highest BCUT2D eigenvalue weighted by molar-refractivity contribution is 6.29. The van der Waals surface area contributed by atoms with Gasteiger partial charge < -0.3 is 9.64 Å². The van der Waals surface area contributed by atoms with Crippen LogP contribution in [-0.4, -0.2) is 34.8 Å². The van der Waals surface area contributed by atoms with E-state index in [1.807, 2.05) is 6.92 Å². The molecule has 0 spiro atoms. The molecule has 1 fully saturated rings. The van der Waals surface area contributed by atoms with Gasteiger partial charge in [-0.05, 0) is 6.92 Å². The van der Waals surface area contributed by atoms with Crippen LogP contribution in [0.4, 0.5) is 5.82 Å². The van der Waals surface area contributed by atoms with Crippen LogP contribution in [0.2, 0.25) is 5.15 Å². The molecule has 86 valence electrons. The molecule has 1 aromatic rings. The zero-order valence-electron chi connectivity index (χ0n) is 8.94. The van der Waals surface area contributed by atoms with Crippen molar-refractivity contribution in [2.75, 3.05) is 24.6 Å². The predicted molar refractivity (Wildman–Crippen MR) is 60.1 cm³/mol. The summed E-state index contributed by atoms with van der Waals surface area (Å²) in [6.45, 7) is 4.83. The summed E-state index contributed by atoms with van der Waals surface area (Å²) < 4.78 is 7.35. The van der Waals surface area contributed by atoms with Crippen molar-refractivity contribution in [1.29, 1.82) is 0 Å². The Morgan fingerprint density at radius 3 is 3.19 bits per heavy atom. The van der Waals surface area contributed by atoms with Gasteiger partial charge >= 0.3 is 5.69 Å². The molecule has 1 atom stereocenters. The Hall–Kier alpha value is -1.07. The van der Waals surface area contributed by atoms with E-state index in [2.05, 4.69) is 9.88 Å². The molecule has 0 unspecified atom stereocenters. The molecular formula is C10H12ClN3O2. The van der Waals surface area contributed by atoms with Gasteiger partial charge in [0.05, 0.1) is 13.2 Å². The van der Waals surface area contributed by atoms with Crippen LogP contribution < -0.4 is 10.6 Å². The normalized spacial score (nSPS) is 27.8. The number of ether oxygens (including phenoxy) is 1. The van der Waals surface area contributed by atoms with Crippen molar-refractivity contribution in [3.63, 3.8) is 0 Å². The maximum absolute atomic E-state index is 11.7. The van der Waals surface area contributed by atoms with E-state index >= 15 is 0 Å². The van der Waals surface area contributed by atoms with E-state index in [0.29, 0.717) is 13.2 Å². The standard InChI is InChI=1S/C10H12ClN3O2/c1-10-5-13(2-3-16-10)8-4-7(11)12-9(15)14(8)6-10/h4H,2-3,5-6H2,1H3/t10-/m0/s1. The number of morpholine rings is 1. The van der Waals surface area contributed by atoms with Crippen molar-refractivity contribution < 1.29 is 4.74 Å². The van der Waals surface area contributed by atoms with E-state index in [0.717, 1.165) is 18.9 Å². The maximum atomic E-state index is 11.7. The van der Waals surface area contributed by atoms with Crippen LogP contribution in [0.1, 0.15) is 6.92 Å². The molecule has 5 nitrogen and oxygen atoms in total. The molecule has 2 bridgehead atoms. The molecule has 0 amide bonds. The lowest BCUT2D eigenvalue weighted by atomic mass is 10.0. The number of anilines is 1. The molecule has 0 aliphatic carbocycles. The van der Waals surface area contributed by atoms with Gasteiger partial charge in [-0.25, -0.2) is 4.79 Å². The second-order valence-corrected chi connectivity index (χ2v) is 4.91. The Morgan fingerprint density at radius 2 is 2.38 bits per heavy atom. The van der Waals surface area contributed by atoms with Gasteiger partial charge in [-0.15, -0.1) is 0 Å². The molecule has 2 aliphatic rings. The van der Waals surface area contributed by atoms with Gasteiger partial charge in [0.2, 0.25) is 0 Å². The molecular weight excluding hydrogens is 230 g/mol. The fraction of sp³-hybridized carbons (Fsp3) is 0.600. The molecule has 1 saturated heterocycles. The summed E-state index contributed by atoms with van der Waals surface area (Å²) in [6.07, 6.45) is 0. The third-order valence-electron chi connectivity index (χ3n) is 3.11. The van der Waals surface area contributed by atoms with E-state index in [-0.39, 0.29) is 16.4 Å². The molecule has 16 heavy (non-hydrogen) atoms. The Morgan fingerprint density at radius 1 is 1.56 bits per heavy atom. The van der Waals surface area contributed by atoms with E-state index in [9.17, 15) is 4.79 Å². The summed E-state index contributed by atoms with van der Waals surface area (Å²) in [5.74, 6) is 0.853. The van der Waals surface area contributed by atoms with E-state index < -0.39 is 0 Å². The third-order valence-corrected chi connectivity index (χ3v) is 3.31. The lowest BCUT2D eigenvalue weighted by Crippen LogP contribution is -2.58. The Bertz CT molecular complexity index is 501. The number of hydrogen-bond donors (Lipinski definition) is 0. The van der Waals surface area contributed by atoms with Crippen LogP contribution in [0, 0.1) is 0 Å². The first-order chi connectivity index (χ1) is 7.57. The van der Waals surface area contributed by atoms with Gasteiger partial charge in [-0.2, -0.15) is 4.98 Å². The first-order valence-corrected chi connectivity index (χ1v) is 5.62. The van der Waals surface area contributed by atoms with Gasteiger partial charge in [0.15, 0.2) is 0 Å². The van der Waals surface area contributed by atoms with Gasteiger partial charge in [0.25, 0.3) is 0 Å². The van der Waals surface area contributed by atoms with Crippen molar-refractivity contribution >= 4 is 17.4 Å². The number of hydrogen-bond acceptors (Lipinski definition) is 4. The van der Waals surface area contributed by atoms with Crippen molar-refractivity contribution in [1.82, 2.24) is 9.55 Å². The van der Waals surface area contributed by atoms with Crippen LogP contribution in [0.5, 0.6) is 0 Å². The van der Waals surface area contributed by atoms with Gasteiger partial charge in [-0.1, -0.05) is 11.6 Å². The topological polar surface area (TPSA) is 47.4 Å². The quantitative estimate of drug-likeness (QED) is 0.621. The minimum absolute atomic E-state index is 0.256. The molecule has 0 N–H and O–H groups in total. The molecule has 2 aliphatic heterocycles. The third kappa shape index (κ3) is 1.43. The molecule has 1 aromatic heterocycles. The number of rotatable bonds is 0. The maximum Gasteiger partial charge on any atom is 0.350 e. The van der Waals surface area contributed by atoms with E-state index in [4.69, 9.17) is 16.3 Å². The molecule has 6 heteroatoms. The molecule has 0 aromatic carbocycles. The molecule has 3 rings (SSSR count). The first-order valence-electron chi connectivity index (χ1n) is 5.24. The van der Waals surface area contributed by atoms with Gasteiger partial charge in [0, 0.05) is 19.2 Å². The number of nitrogens with zero attached hydrogens (tertiary/aromatic N) is 3. The number of halogens is 1. The molecule has 3 heterocycles. The van der Waals surface area contributed by atoms with Crippen LogP contribution >= 0.6 is 11.6 Å². The van der Waals surface area contributed by atoms with Crippen molar-refractivity contribution in [2.45, 2.75) is 19.1 Å². The highest BCUT2D eigenvalue weighted by Crippen LogP contribution is 2.30. The summed E-state index contributed by atoms with van der Waals surface area (Å²) in [7, 11) is 0. The summed E-state index contributed by atoms with van der Waals surface area (Å²) in [4.78, 5) is 17.6. The van der Waals surface area contributed by atoms with Crippen LogP contribution in [0.3, 0.4) is 0 Å². The minimum Gasteiger partial charge on any atom is -0.370 e. The largest absolute Gasteiger partial charge is 0.370 e. The van der Waals surface area contributed by atoms with E-state index in [1.54, 1.807) is 10.6 Å². The zero-order chi connectivity index (χ0) is 11.3. The lowest BCUT2D eigenvalue weighted by Gasteiger charge is -2.46. The summed E-state index contributed by atoms with van der Waals surface area (Å²) in [5.41, 5.74) is -0.589. The summed E-state index contributed by atoms with van der Waals surface area (Å²) in [6, 6.07) is 1.74. The Labute approximate surface area is 97.6 Å². The van der Waals surface area contributed by atoms with Crippen molar-refractivity contribution in [3.8, 4) is 0 Å². The highest BCUT2D eigenvalue weighted by atomic mass is 35.5. The first kappa shape index (κ1) is 10.1. The second-order valence-electron chi connectivity index (χ2n) is 4.53. The average molecular weight is 242 g/mol. The van der Waals surface area contributed by atoms with Gasteiger partial charge in [-0.3, -0.25) is 4.57 Å². The number of aromatic nitrogens is 2. The monoisotopic (exact) mass is 241 g/mol. The summed E-state index contributed by atoms with van der Waals surface area (Å²) in [5, 5.41) is 0.256. The Balaban J connectivity index is 2.19. The zero-order valence-corrected chi connectivity index (χ0v) is 9.70. The number of fused-ring (bicyclic) bond motifs is 4. The minimum atomic E-state index is -0.302. The Kier molecular flexibility index (Phi) is 2.03. The van der Waals surface area contributed by atoms with Crippen molar-refractivity contribution in [2.24, 2.45) is 0 Å². The second kappa shape index (κ2) is 3.21. The lowest BCUT2D eigenvalue weighted by molar-refractivity contribution is -0.0618. The summed E-state index contributed by atoms with van der Waals surface area (Å²) >= 11 is 5.81. The van der Waals surface area contributed by atoms with Crippen LogP contribution in [0.15, 0.2) is 10.9 Å². The fourth-order valence-corrected chi connectivity index (χ4v) is 2.60. The van der Waals surface area contributed by atoms with Crippen LogP contribution in [-0.2, 0) is 11.3 Å². The average Bonchev–Trinajstić information content (AvgIpc) is 2.20. The molecule has 0 saturated carbocycles. The smallest absolute Gasteiger partial charge is 0.350 e. The van der Waals surface area contributed by atoms with Gasteiger partial charge in [0.1, 0.15) is 16.6 Å². The van der Waals surface area contributed by atoms with E-state index in [1.165, 1.54) is 0 Å². The molecule has 0 radical (unpaired) electrons. The SMILES string of the molecule is C[C@@]12CN(CCO1)c1cc(Cl)nc(=O)n1C2.